The van der Waals surface area contributed by atoms with Crippen LogP contribution in [0.1, 0.15) is 157 Å². The highest BCUT2D eigenvalue weighted by atomic mass is 16.6. The average molecular weight is 1310 g/mol. The molecule has 2 aliphatic rings. The number of benzene rings is 2. The molecule has 2 aliphatic heterocycles. The summed E-state index contributed by atoms with van der Waals surface area (Å²) < 4.78 is 11.8. The van der Waals surface area contributed by atoms with Gasteiger partial charge in [0.05, 0.1) is 30.7 Å². The number of ketones is 2. The van der Waals surface area contributed by atoms with Crippen LogP contribution < -0.4 is 27.0 Å². The Labute approximate surface area is 554 Å². The molecule has 94 heavy (non-hydrogen) atoms. The van der Waals surface area contributed by atoms with E-state index in [2.05, 4.69) is 21.3 Å². The van der Waals surface area contributed by atoms with Gasteiger partial charge in [-0.1, -0.05) is 125 Å². The second kappa shape index (κ2) is 38.4. The number of carbonyl (C=O) groups is 12. The van der Waals surface area contributed by atoms with E-state index >= 15 is 0 Å². The van der Waals surface area contributed by atoms with Crippen molar-refractivity contribution < 1.29 is 72.1 Å². The summed E-state index contributed by atoms with van der Waals surface area (Å²) in [6.45, 7) is 19.2. The molecule has 10 amide bonds. The molecular formula is C70H105N9O15. The number of unbranched alkanes of at least 4 members (excludes halogenated alkanes) is 2. The van der Waals surface area contributed by atoms with Crippen LogP contribution in [0.2, 0.25) is 0 Å². The fraction of sp³-hybridized carbons (Fsp3) is 0.629. The van der Waals surface area contributed by atoms with E-state index in [1.807, 2.05) is 52.8 Å². The molecule has 24 nitrogen and oxygen atoms in total. The number of likely N-dealkylation sites (tertiary alicyclic amines) is 1. The predicted octanol–water partition coefficient (Wildman–Crippen LogP) is 7.45. The topological polar surface area (TPSA) is 331 Å². The summed E-state index contributed by atoms with van der Waals surface area (Å²) in [5.74, 6) is -8.10. The summed E-state index contributed by atoms with van der Waals surface area (Å²) in [4.78, 5) is 165. The van der Waals surface area contributed by atoms with Crippen molar-refractivity contribution in [1.82, 2.24) is 35.6 Å². The highest BCUT2D eigenvalue weighted by Gasteiger charge is 2.43. The zero-order chi connectivity index (χ0) is 70.1. The fourth-order valence-electron chi connectivity index (χ4n) is 12.6. The number of rotatable bonds is 40. The first-order valence-corrected chi connectivity index (χ1v) is 33.3. The molecule has 0 radical (unpaired) electrons. The molecule has 520 valence electrons. The lowest BCUT2D eigenvalue weighted by Crippen LogP contribution is -2.54. The first-order valence-electron chi connectivity index (χ1n) is 33.3. The molecule has 2 aromatic rings. The van der Waals surface area contributed by atoms with Crippen molar-refractivity contribution in [3.63, 3.8) is 0 Å². The van der Waals surface area contributed by atoms with Crippen LogP contribution in [0, 0.1) is 47.3 Å². The molecule has 0 aliphatic carbocycles. The van der Waals surface area contributed by atoms with Gasteiger partial charge in [-0.25, -0.2) is 14.4 Å². The Balaban J connectivity index is 1.37. The van der Waals surface area contributed by atoms with Crippen LogP contribution in [0.3, 0.4) is 0 Å². The van der Waals surface area contributed by atoms with Crippen LogP contribution >= 0.6 is 0 Å². The van der Waals surface area contributed by atoms with Crippen LogP contribution in [0.25, 0.3) is 0 Å². The molecule has 0 bridgehead atoms. The van der Waals surface area contributed by atoms with Gasteiger partial charge in [-0.15, -0.1) is 0 Å². The van der Waals surface area contributed by atoms with Crippen LogP contribution in [-0.2, 0) is 70.4 Å². The molecule has 0 spiro atoms. The van der Waals surface area contributed by atoms with Crippen molar-refractivity contribution in [2.24, 2.45) is 53.1 Å². The van der Waals surface area contributed by atoms with Gasteiger partial charge in [0.15, 0.2) is 11.6 Å². The number of amides is 10. The number of primary amides is 1. The van der Waals surface area contributed by atoms with E-state index in [0.29, 0.717) is 62.7 Å². The molecule has 0 saturated carbocycles. The standard InChI is InChI=1S/C70H105N9O15/c1-14-45(8)64(57(93-13)40-61(85)78-36-22-26-54(78)46(9)47(10)65(86)74-53(68(89)90)37-48-23-17-15-18-24-48)76(11)67(88)52(42(2)3)39-56(81)63(44(6)7)77(12)70(92)94-41-49-28-30-51(31-29-49)73-66(87)50(25-21-34-72-69(71)91)38-55(80)62(43(4)5)75-58(82)27-19-16-20-35-79-59(83)32-33-60(79)84/h15,17-18,23-24,28-33,42-47,50,52-54,57,62-64H,14,16,19-22,25-27,34-41H2,1-13H3,(H,73,87)(H,74,86)(H,75,82)(H,89,90)(H3,71,72,91)/t45-,46+,47+,50?,52-,53-,54-,57+,62-,63-,64-/m0/s1. The van der Waals surface area contributed by atoms with Gasteiger partial charge in [0.1, 0.15) is 12.6 Å². The third-order valence-electron chi connectivity index (χ3n) is 18.6. The van der Waals surface area contributed by atoms with Crippen LogP contribution in [-0.4, -0.2) is 173 Å². The Kier molecular flexibility index (Phi) is 32.0. The van der Waals surface area contributed by atoms with Crippen molar-refractivity contribution in [1.29, 1.82) is 0 Å². The van der Waals surface area contributed by atoms with Gasteiger partial charge in [0.25, 0.3) is 11.8 Å². The van der Waals surface area contributed by atoms with Crippen LogP contribution in [0.15, 0.2) is 66.7 Å². The van der Waals surface area contributed by atoms with Gasteiger partial charge >= 0.3 is 18.1 Å². The van der Waals surface area contributed by atoms with Gasteiger partial charge in [-0.2, -0.15) is 0 Å². The summed E-state index contributed by atoms with van der Waals surface area (Å²) in [6, 6.07) is 10.9. The van der Waals surface area contributed by atoms with Crippen LogP contribution in [0.5, 0.6) is 0 Å². The quantitative estimate of drug-likeness (QED) is 0.0279. The zero-order valence-corrected chi connectivity index (χ0v) is 57.5. The van der Waals surface area contributed by atoms with Gasteiger partial charge in [-0.05, 0) is 91.4 Å². The molecule has 1 saturated heterocycles. The maximum absolute atomic E-state index is 14.9. The number of urea groups is 1. The highest BCUT2D eigenvalue weighted by molar-refractivity contribution is 6.12. The molecule has 2 heterocycles. The van der Waals surface area contributed by atoms with E-state index in [0.717, 1.165) is 10.5 Å². The summed E-state index contributed by atoms with van der Waals surface area (Å²) in [6.07, 6.45) is 4.74. The molecular weight excluding hydrogens is 1210 g/mol. The lowest BCUT2D eigenvalue weighted by molar-refractivity contribution is -0.148. The number of nitrogens with zero attached hydrogens (tertiary/aromatic N) is 4. The maximum Gasteiger partial charge on any atom is 0.410 e. The number of methoxy groups -OCH3 is 1. The molecule has 1 fully saturated rings. The zero-order valence-electron chi connectivity index (χ0n) is 57.5. The lowest BCUT2D eigenvalue weighted by Gasteiger charge is -2.41. The number of anilines is 1. The number of ether oxygens (including phenoxy) is 2. The molecule has 7 N–H and O–H groups in total. The molecule has 2 aromatic carbocycles. The van der Waals surface area contributed by atoms with Gasteiger partial charge in [0, 0.05) is 108 Å². The normalized spacial score (nSPS) is 17.1. The van der Waals surface area contributed by atoms with Crippen LogP contribution in [0.4, 0.5) is 15.3 Å². The van der Waals surface area contributed by atoms with Crippen molar-refractivity contribution in [2.75, 3.05) is 46.2 Å². The smallest absolute Gasteiger partial charge is 0.410 e. The summed E-state index contributed by atoms with van der Waals surface area (Å²) in [5.41, 5.74) is 6.96. The number of nitrogens with one attached hydrogen (secondary N) is 4. The first-order chi connectivity index (χ1) is 44.4. The Hall–Kier alpha value is -8.02. The second-order valence-corrected chi connectivity index (χ2v) is 26.5. The molecule has 24 heteroatoms. The third kappa shape index (κ3) is 23.5. The Morgan fingerprint density at radius 2 is 1.38 bits per heavy atom. The van der Waals surface area contributed by atoms with Crippen molar-refractivity contribution in [3.05, 3.63) is 77.9 Å². The molecule has 11 atom stereocenters. The highest BCUT2D eigenvalue weighted by Crippen LogP contribution is 2.33. The number of nitrogens with two attached hydrogens (primary N) is 1. The number of likely N-dealkylation sites (N-methyl/N-ethyl adjacent to an activating group) is 2. The van der Waals surface area contributed by atoms with Crippen molar-refractivity contribution in [2.45, 2.75) is 196 Å². The fourth-order valence-corrected chi connectivity index (χ4v) is 12.6. The van der Waals surface area contributed by atoms with E-state index in [9.17, 15) is 62.6 Å². The number of imide groups is 1. The maximum atomic E-state index is 14.9. The number of aliphatic carboxylic acids is 1. The minimum atomic E-state index is -1.14. The Morgan fingerprint density at radius 1 is 0.734 bits per heavy atom. The third-order valence-corrected chi connectivity index (χ3v) is 18.6. The van der Waals surface area contributed by atoms with Gasteiger partial charge < -0.3 is 56.3 Å². The van der Waals surface area contributed by atoms with Crippen molar-refractivity contribution in [3.8, 4) is 0 Å². The monoisotopic (exact) mass is 1310 g/mol. The number of carboxylic acid groups (broad SMARTS) is 1. The summed E-state index contributed by atoms with van der Waals surface area (Å²) in [5, 5.41) is 20.9. The number of Topliss-reactive ketones (excluding diaryl/α,β-unsaturated/α-hetero) is 2. The van der Waals surface area contributed by atoms with Gasteiger partial charge in [-0.3, -0.25) is 48.1 Å². The molecule has 1 unspecified atom stereocenters. The lowest BCUT2D eigenvalue weighted by atomic mass is 9.83. The van der Waals surface area contributed by atoms with Crippen molar-refractivity contribution >= 4 is 76.7 Å². The minimum absolute atomic E-state index is 0.0616. The number of carbonyl (C=O) groups excluding carboxylic acids is 11. The van der Waals surface area contributed by atoms with E-state index < -0.39 is 77.9 Å². The van der Waals surface area contributed by atoms with E-state index in [-0.39, 0.29) is 135 Å². The molecule has 4 rings (SSSR count). The average Bonchev–Trinajstić information content (AvgIpc) is 0.949. The minimum Gasteiger partial charge on any atom is -0.480 e. The van der Waals surface area contributed by atoms with E-state index in [1.165, 1.54) is 31.2 Å². The number of hydrogen-bond donors (Lipinski definition) is 6. The van der Waals surface area contributed by atoms with E-state index in [4.69, 9.17) is 15.2 Å². The number of carboxylic acids is 1. The SMILES string of the molecule is CC[C@H](C)[C@@H]([C@@H](CC(=O)N1CCC[C@H]1[C@H](C)[C@@H](C)C(=O)N[C@@H](Cc1ccccc1)C(=O)O)OC)N(C)C(=O)[C@@H](CC(=O)[C@H](C(C)C)N(C)C(=O)OCc1ccc(NC(=O)C(CCCNC(N)=O)CC(=O)[C@@H](NC(=O)CCCCCN2C(=O)C=CC2=O)C(C)C)cc1)C(C)C. The van der Waals surface area contributed by atoms with E-state index in [1.54, 1.807) is 87.9 Å². The summed E-state index contributed by atoms with van der Waals surface area (Å²) >= 11 is 0. The Bertz CT molecular complexity index is 2920. The first kappa shape index (κ1) is 78.4. The predicted molar refractivity (Wildman–Crippen MR) is 355 cm³/mol. The molecule has 0 aromatic heterocycles. The second-order valence-electron chi connectivity index (χ2n) is 26.5. The van der Waals surface area contributed by atoms with Gasteiger partial charge in [0.2, 0.25) is 29.5 Å². The largest absolute Gasteiger partial charge is 0.480 e. The summed E-state index contributed by atoms with van der Waals surface area (Å²) in [7, 11) is 4.65. The Morgan fingerprint density at radius 3 is 1.96 bits per heavy atom. The number of hydrogen-bond acceptors (Lipinski definition) is 14.